The molecule has 0 aromatic heterocycles. The van der Waals surface area contributed by atoms with Gasteiger partial charge in [-0.3, -0.25) is 4.79 Å². The van der Waals surface area contributed by atoms with Gasteiger partial charge in [-0.2, -0.15) is 0 Å². The first kappa shape index (κ1) is 8.00. The van der Waals surface area contributed by atoms with Crippen molar-refractivity contribution >= 4 is 11.9 Å². The van der Waals surface area contributed by atoms with Crippen LogP contribution in [-0.4, -0.2) is 41.3 Å². The van der Waals surface area contributed by atoms with Gasteiger partial charge in [0.15, 0.2) is 6.04 Å². The van der Waals surface area contributed by atoms with E-state index in [9.17, 15) is 9.59 Å². The third kappa shape index (κ3) is 1.48. The summed E-state index contributed by atoms with van der Waals surface area (Å²) in [6, 6.07) is -0.799. The number of hydrogen-bond acceptors (Lipinski definition) is 3. The van der Waals surface area contributed by atoms with Crippen molar-refractivity contribution in [1.82, 2.24) is 4.90 Å². The number of carbonyl (C=O) groups is 2. The quantitative estimate of drug-likeness (QED) is 0.548. The number of amides is 1. The summed E-state index contributed by atoms with van der Waals surface area (Å²) in [6.45, 7) is 1.51. The number of ether oxygens (including phenoxy) is 1. The van der Waals surface area contributed by atoms with Crippen molar-refractivity contribution in [3.63, 3.8) is 0 Å². The van der Waals surface area contributed by atoms with E-state index in [2.05, 4.69) is 0 Å². The SMILES string of the molecule is CC(=O)N1COC[C@H]1C(=O)O. The Hall–Kier alpha value is -1.10. The molecule has 0 saturated carbocycles. The van der Waals surface area contributed by atoms with Crippen LogP contribution in [0.5, 0.6) is 0 Å². The van der Waals surface area contributed by atoms with E-state index in [0.29, 0.717) is 0 Å². The molecule has 1 rings (SSSR count). The van der Waals surface area contributed by atoms with Crippen molar-refractivity contribution in [3.05, 3.63) is 0 Å². The van der Waals surface area contributed by atoms with Gasteiger partial charge in [0, 0.05) is 6.92 Å². The standard InChI is InChI=1S/C6H9NO4/c1-4(8)7-3-11-2-5(7)6(9)10/h5H,2-3H2,1H3,(H,9,10)/t5-/m0/s1. The first-order chi connectivity index (χ1) is 5.13. The molecule has 5 nitrogen and oxygen atoms in total. The van der Waals surface area contributed by atoms with E-state index in [0.717, 1.165) is 0 Å². The monoisotopic (exact) mass is 159 g/mol. The van der Waals surface area contributed by atoms with Gasteiger partial charge in [0.05, 0.1) is 6.61 Å². The zero-order chi connectivity index (χ0) is 8.43. The fraction of sp³-hybridized carbons (Fsp3) is 0.667. The molecule has 1 aliphatic rings. The lowest BCUT2D eigenvalue weighted by Gasteiger charge is -2.16. The van der Waals surface area contributed by atoms with Crippen molar-refractivity contribution in [2.75, 3.05) is 13.3 Å². The van der Waals surface area contributed by atoms with Crippen molar-refractivity contribution in [2.45, 2.75) is 13.0 Å². The van der Waals surface area contributed by atoms with Crippen molar-refractivity contribution < 1.29 is 19.4 Å². The highest BCUT2D eigenvalue weighted by Gasteiger charge is 2.32. The van der Waals surface area contributed by atoms with E-state index in [4.69, 9.17) is 9.84 Å². The molecule has 1 saturated heterocycles. The van der Waals surface area contributed by atoms with E-state index in [1.165, 1.54) is 11.8 Å². The minimum Gasteiger partial charge on any atom is -0.480 e. The number of nitrogens with zero attached hydrogens (tertiary/aromatic N) is 1. The van der Waals surface area contributed by atoms with Crippen LogP contribution in [0.2, 0.25) is 0 Å². The van der Waals surface area contributed by atoms with Gasteiger partial charge in [-0.1, -0.05) is 0 Å². The normalized spacial score (nSPS) is 23.7. The van der Waals surface area contributed by atoms with Crippen LogP contribution in [0.1, 0.15) is 6.92 Å². The first-order valence-corrected chi connectivity index (χ1v) is 3.20. The van der Waals surface area contributed by atoms with E-state index in [1.807, 2.05) is 0 Å². The van der Waals surface area contributed by atoms with Crippen molar-refractivity contribution in [3.8, 4) is 0 Å². The number of carboxylic acid groups (broad SMARTS) is 1. The Morgan fingerprint density at radius 2 is 2.27 bits per heavy atom. The zero-order valence-electron chi connectivity index (χ0n) is 6.11. The number of rotatable bonds is 1. The summed E-state index contributed by atoms with van der Waals surface area (Å²) >= 11 is 0. The second kappa shape index (κ2) is 2.87. The Labute approximate surface area is 63.5 Å². The topological polar surface area (TPSA) is 66.8 Å². The fourth-order valence-electron chi connectivity index (χ4n) is 0.958. The lowest BCUT2D eigenvalue weighted by atomic mass is 10.3. The lowest BCUT2D eigenvalue weighted by Crippen LogP contribution is -2.40. The second-order valence-corrected chi connectivity index (χ2v) is 2.34. The van der Waals surface area contributed by atoms with Crippen LogP contribution in [0.3, 0.4) is 0 Å². The smallest absolute Gasteiger partial charge is 0.328 e. The predicted octanol–water partition coefficient (Wildman–Crippen LogP) is -0.724. The van der Waals surface area contributed by atoms with E-state index >= 15 is 0 Å². The van der Waals surface area contributed by atoms with Crippen LogP contribution < -0.4 is 0 Å². The van der Waals surface area contributed by atoms with E-state index in [-0.39, 0.29) is 19.2 Å². The number of hydrogen-bond donors (Lipinski definition) is 1. The Morgan fingerprint density at radius 1 is 1.64 bits per heavy atom. The third-order valence-corrected chi connectivity index (χ3v) is 1.57. The molecule has 0 bridgehead atoms. The molecule has 0 aliphatic carbocycles. The molecule has 62 valence electrons. The number of carboxylic acids is 1. The molecule has 1 fully saturated rings. The Balaban J connectivity index is 2.65. The van der Waals surface area contributed by atoms with Crippen molar-refractivity contribution in [2.24, 2.45) is 0 Å². The number of aliphatic carboxylic acids is 1. The maximum absolute atomic E-state index is 10.7. The molecular formula is C6H9NO4. The molecule has 1 N–H and O–H groups in total. The molecule has 5 heteroatoms. The van der Waals surface area contributed by atoms with Crippen LogP contribution in [0, 0.1) is 0 Å². The molecule has 0 spiro atoms. The summed E-state index contributed by atoms with van der Waals surface area (Å²) in [7, 11) is 0. The summed E-state index contributed by atoms with van der Waals surface area (Å²) < 4.78 is 4.82. The minimum atomic E-state index is -1.02. The second-order valence-electron chi connectivity index (χ2n) is 2.34. The summed E-state index contributed by atoms with van der Waals surface area (Å²) in [6.07, 6.45) is 0. The molecular weight excluding hydrogens is 150 g/mol. The minimum absolute atomic E-state index is 0.0896. The summed E-state index contributed by atoms with van der Waals surface area (Å²) in [5, 5.41) is 8.56. The highest BCUT2D eigenvalue weighted by atomic mass is 16.5. The maximum atomic E-state index is 10.7. The average molecular weight is 159 g/mol. The van der Waals surface area contributed by atoms with Gasteiger partial charge in [-0.25, -0.2) is 4.79 Å². The third-order valence-electron chi connectivity index (χ3n) is 1.57. The molecule has 1 heterocycles. The highest BCUT2D eigenvalue weighted by Crippen LogP contribution is 2.09. The van der Waals surface area contributed by atoms with Crippen molar-refractivity contribution in [1.29, 1.82) is 0 Å². The zero-order valence-corrected chi connectivity index (χ0v) is 6.11. The largest absolute Gasteiger partial charge is 0.480 e. The van der Waals surface area contributed by atoms with Gasteiger partial charge < -0.3 is 14.7 Å². The molecule has 0 aromatic carbocycles. The van der Waals surface area contributed by atoms with Gasteiger partial charge >= 0.3 is 5.97 Å². The van der Waals surface area contributed by atoms with Crippen LogP contribution in [0.15, 0.2) is 0 Å². The number of carbonyl (C=O) groups excluding carboxylic acids is 1. The fourth-order valence-corrected chi connectivity index (χ4v) is 0.958. The Bertz CT molecular complexity index is 171. The van der Waals surface area contributed by atoms with E-state index in [1.54, 1.807) is 0 Å². The Kier molecular flexibility index (Phi) is 2.09. The van der Waals surface area contributed by atoms with Crippen LogP contribution in [-0.2, 0) is 14.3 Å². The maximum Gasteiger partial charge on any atom is 0.328 e. The van der Waals surface area contributed by atoms with Gasteiger partial charge in [-0.05, 0) is 0 Å². The first-order valence-electron chi connectivity index (χ1n) is 3.20. The average Bonchev–Trinajstić information content (AvgIpc) is 2.32. The van der Waals surface area contributed by atoms with Crippen LogP contribution >= 0.6 is 0 Å². The van der Waals surface area contributed by atoms with Gasteiger partial charge in [0.1, 0.15) is 6.73 Å². The van der Waals surface area contributed by atoms with Crippen LogP contribution in [0.4, 0.5) is 0 Å². The van der Waals surface area contributed by atoms with Gasteiger partial charge in [0.2, 0.25) is 5.91 Å². The molecule has 1 atom stereocenters. The molecule has 1 aliphatic heterocycles. The molecule has 0 radical (unpaired) electrons. The summed E-state index contributed by atoms with van der Waals surface area (Å²) in [4.78, 5) is 22.4. The highest BCUT2D eigenvalue weighted by molar-refractivity contribution is 5.82. The summed E-state index contributed by atoms with van der Waals surface area (Å²) in [5.74, 6) is -1.28. The summed E-state index contributed by atoms with van der Waals surface area (Å²) in [5.41, 5.74) is 0. The van der Waals surface area contributed by atoms with Crippen LogP contribution in [0.25, 0.3) is 0 Å². The predicted molar refractivity (Wildman–Crippen MR) is 34.8 cm³/mol. The Morgan fingerprint density at radius 3 is 2.64 bits per heavy atom. The molecule has 11 heavy (non-hydrogen) atoms. The van der Waals surface area contributed by atoms with Gasteiger partial charge in [0.25, 0.3) is 0 Å². The lowest BCUT2D eigenvalue weighted by molar-refractivity contribution is -0.147. The molecule has 1 amide bonds. The van der Waals surface area contributed by atoms with E-state index < -0.39 is 12.0 Å². The van der Waals surface area contributed by atoms with Gasteiger partial charge in [-0.15, -0.1) is 0 Å². The molecule has 0 aromatic rings. The molecule has 0 unspecified atom stereocenters.